The molecule has 0 aromatic heterocycles. The van der Waals surface area contributed by atoms with Crippen LogP contribution in [0.2, 0.25) is 0 Å². The fraction of sp³-hybridized carbons (Fsp3) is 0.278. The summed E-state index contributed by atoms with van der Waals surface area (Å²) in [5.41, 5.74) is 3.27. The summed E-state index contributed by atoms with van der Waals surface area (Å²) >= 11 is 0. The van der Waals surface area contributed by atoms with E-state index in [9.17, 15) is 13.2 Å². The van der Waals surface area contributed by atoms with Gasteiger partial charge in [0.2, 0.25) is 15.9 Å². The third-order valence-corrected chi connectivity index (χ3v) is 4.65. The van der Waals surface area contributed by atoms with Gasteiger partial charge in [-0.25, -0.2) is 13.6 Å². The number of nitrogens with one attached hydrogen (secondary N) is 2. The highest BCUT2D eigenvalue weighted by Crippen LogP contribution is 2.08. The molecule has 0 aliphatic carbocycles. The molecular formula is C18H23N3O3S. The van der Waals surface area contributed by atoms with E-state index >= 15 is 0 Å². The van der Waals surface area contributed by atoms with Gasteiger partial charge in [0.05, 0.1) is 11.4 Å². The molecule has 0 bridgehead atoms. The van der Waals surface area contributed by atoms with Gasteiger partial charge in [0.1, 0.15) is 0 Å². The number of carbonyl (C=O) groups is 1. The second kappa shape index (κ2) is 8.75. The van der Waals surface area contributed by atoms with Crippen LogP contribution < -0.4 is 15.8 Å². The first kappa shape index (κ1) is 19.1. The first-order valence-corrected chi connectivity index (χ1v) is 9.54. The Labute approximate surface area is 148 Å². The van der Waals surface area contributed by atoms with Crippen molar-refractivity contribution in [1.82, 2.24) is 10.6 Å². The van der Waals surface area contributed by atoms with Crippen LogP contribution in [-0.4, -0.2) is 27.4 Å². The van der Waals surface area contributed by atoms with E-state index in [1.165, 1.54) is 17.7 Å². The monoisotopic (exact) mass is 361 g/mol. The summed E-state index contributed by atoms with van der Waals surface area (Å²) in [5.74, 6) is -0.0757. The van der Waals surface area contributed by atoms with Crippen molar-refractivity contribution in [3.63, 3.8) is 0 Å². The zero-order valence-electron chi connectivity index (χ0n) is 14.2. The third-order valence-electron chi connectivity index (χ3n) is 3.72. The van der Waals surface area contributed by atoms with Crippen molar-refractivity contribution in [3.05, 3.63) is 65.2 Å². The molecule has 0 spiro atoms. The Hall–Kier alpha value is -2.22. The van der Waals surface area contributed by atoms with Crippen molar-refractivity contribution in [2.75, 3.05) is 13.1 Å². The molecule has 2 aromatic rings. The van der Waals surface area contributed by atoms with Gasteiger partial charge in [-0.3, -0.25) is 4.79 Å². The number of aryl methyl sites for hydroxylation is 1. The summed E-state index contributed by atoms with van der Waals surface area (Å²) < 4.78 is 22.4. The van der Waals surface area contributed by atoms with Gasteiger partial charge in [0.25, 0.3) is 0 Å². The summed E-state index contributed by atoms with van der Waals surface area (Å²) in [6, 6.07) is 14.5. The normalized spacial score (nSPS) is 11.3. The average Bonchev–Trinajstić information content (AvgIpc) is 2.56. The van der Waals surface area contributed by atoms with Gasteiger partial charge in [-0.15, -0.1) is 0 Å². The lowest BCUT2D eigenvalue weighted by Gasteiger charge is -2.08. The molecule has 0 heterocycles. The van der Waals surface area contributed by atoms with Crippen molar-refractivity contribution in [3.8, 4) is 0 Å². The molecule has 4 N–H and O–H groups in total. The first-order valence-electron chi connectivity index (χ1n) is 7.99. The standard InChI is InChI=1S/C18H23N3O3S/c1-14-2-4-16(5-3-14)12-20-13-18(22)21-11-10-15-6-8-17(9-7-15)25(19,23)24/h2-9,20H,10-13H2,1H3,(H,21,22)(H2,19,23,24). The second-order valence-electron chi connectivity index (χ2n) is 5.88. The van der Waals surface area contributed by atoms with Gasteiger partial charge in [-0.2, -0.15) is 0 Å². The lowest BCUT2D eigenvalue weighted by Crippen LogP contribution is -2.34. The number of rotatable bonds is 8. The maximum atomic E-state index is 11.8. The van der Waals surface area contributed by atoms with Crippen LogP contribution >= 0.6 is 0 Å². The molecule has 0 unspecified atom stereocenters. The summed E-state index contributed by atoms with van der Waals surface area (Å²) in [5, 5.41) is 11.0. The predicted molar refractivity (Wildman–Crippen MR) is 97.4 cm³/mol. The van der Waals surface area contributed by atoms with Crippen LogP contribution in [-0.2, 0) is 27.8 Å². The lowest BCUT2D eigenvalue weighted by atomic mass is 10.1. The number of amides is 1. The number of hydrogen-bond acceptors (Lipinski definition) is 4. The van der Waals surface area contributed by atoms with Crippen LogP contribution in [0.1, 0.15) is 16.7 Å². The molecule has 0 saturated heterocycles. The Balaban J connectivity index is 1.67. The Bertz CT molecular complexity index is 800. The SMILES string of the molecule is Cc1ccc(CNCC(=O)NCCc2ccc(S(N)(=O)=O)cc2)cc1. The molecule has 2 rings (SSSR count). The molecule has 1 amide bonds. The fourth-order valence-electron chi connectivity index (χ4n) is 2.28. The van der Waals surface area contributed by atoms with Gasteiger partial charge in [0.15, 0.2) is 0 Å². The van der Waals surface area contributed by atoms with Crippen LogP contribution in [0.25, 0.3) is 0 Å². The largest absolute Gasteiger partial charge is 0.355 e. The molecular weight excluding hydrogens is 338 g/mol. The third kappa shape index (κ3) is 6.66. The van der Waals surface area contributed by atoms with E-state index in [0.717, 1.165) is 11.1 Å². The van der Waals surface area contributed by atoms with Gasteiger partial charge in [-0.1, -0.05) is 42.0 Å². The smallest absolute Gasteiger partial charge is 0.238 e. The fourth-order valence-corrected chi connectivity index (χ4v) is 2.80. The van der Waals surface area contributed by atoms with E-state index in [1.807, 2.05) is 31.2 Å². The molecule has 0 radical (unpaired) electrons. The minimum atomic E-state index is -3.67. The minimum Gasteiger partial charge on any atom is -0.355 e. The number of carbonyl (C=O) groups excluding carboxylic acids is 1. The Morgan fingerprint density at radius 1 is 1.00 bits per heavy atom. The molecule has 0 fully saturated rings. The average molecular weight is 361 g/mol. The van der Waals surface area contributed by atoms with E-state index in [1.54, 1.807) is 12.1 Å². The molecule has 0 aliphatic heterocycles. The van der Waals surface area contributed by atoms with Crippen molar-refractivity contribution in [2.24, 2.45) is 5.14 Å². The quantitative estimate of drug-likeness (QED) is 0.655. The van der Waals surface area contributed by atoms with Crippen LogP contribution in [0.15, 0.2) is 53.4 Å². The molecule has 0 atom stereocenters. The zero-order valence-corrected chi connectivity index (χ0v) is 15.0. The van der Waals surface area contributed by atoms with Crippen molar-refractivity contribution < 1.29 is 13.2 Å². The van der Waals surface area contributed by atoms with E-state index in [4.69, 9.17) is 5.14 Å². The predicted octanol–water partition coefficient (Wildman–Crippen LogP) is 1.09. The minimum absolute atomic E-state index is 0.0757. The highest BCUT2D eigenvalue weighted by atomic mass is 32.2. The number of benzene rings is 2. The topological polar surface area (TPSA) is 101 Å². The lowest BCUT2D eigenvalue weighted by molar-refractivity contribution is -0.120. The van der Waals surface area contributed by atoms with Crippen LogP contribution in [0, 0.1) is 6.92 Å². The van der Waals surface area contributed by atoms with Gasteiger partial charge in [-0.05, 0) is 36.6 Å². The first-order chi connectivity index (χ1) is 11.8. The molecule has 134 valence electrons. The van der Waals surface area contributed by atoms with E-state index in [0.29, 0.717) is 19.5 Å². The molecule has 2 aromatic carbocycles. The maximum Gasteiger partial charge on any atom is 0.238 e. The van der Waals surface area contributed by atoms with E-state index < -0.39 is 10.0 Å². The van der Waals surface area contributed by atoms with Gasteiger partial charge in [0, 0.05) is 13.1 Å². The highest BCUT2D eigenvalue weighted by Gasteiger charge is 2.07. The van der Waals surface area contributed by atoms with Crippen molar-refractivity contribution >= 4 is 15.9 Å². The van der Waals surface area contributed by atoms with Gasteiger partial charge >= 0.3 is 0 Å². The summed E-state index contributed by atoms with van der Waals surface area (Å²) in [4.78, 5) is 11.9. The van der Waals surface area contributed by atoms with Crippen molar-refractivity contribution in [2.45, 2.75) is 24.8 Å². The summed E-state index contributed by atoms with van der Waals surface area (Å²) in [6.45, 7) is 3.41. The number of primary sulfonamides is 1. The summed E-state index contributed by atoms with van der Waals surface area (Å²) in [7, 11) is -3.67. The molecule has 0 saturated carbocycles. The van der Waals surface area contributed by atoms with Crippen molar-refractivity contribution in [1.29, 1.82) is 0 Å². The summed E-state index contributed by atoms with van der Waals surface area (Å²) in [6.07, 6.45) is 0.620. The van der Waals surface area contributed by atoms with Crippen LogP contribution in [0.3, 0.4) is 0 Å². The van der Waals surface area contributed by atoms with Crippen LogP contribution in [0.4, 0.5) is 0 Å². The van der Waals surface area contributed by atoms with E-state index in [2.05, 4.69) is 10.6 Å². The zero-order chi connectivity index (χ0) is 18.3. The molecule has 0 aliphatic rings. The Morgan fingerprint density at radius 3 is 2.20 bits per heavy atom. The van der Waals surface area contributed by atoms with Gasteiger partial charge < -0.3 is 10.6 Å². The Morgan fingerprint density at radius 2 is 1.60 bits per heavy atom. The number of sulfonamides is 1. The van der Waals surface area contributed by atoms with E-state index in [-0.39, 0.29) is 17.3 Å². The number of hydrogen-bond donors (Lipinski definition) is 3. The molecule has 7 heteroatoms. The molecule has 6 nitrogen and oxygen atoms in total. The number of nitrogens with two attached hydrogens (primary N) is 1. The highest BCUT2D eigenvalue weighted by molar-refractivity contribution is 7.89. The molecule has 25 heavy (non-hydrogen) atoms. The van der Waals surface area contributed by atoms with Crippen LogP contribution in [0.5, 0.6) is 0 Å². The second-order valence-corrected chi connectivity index (χ2v) is 7.44. The Kier molecular flexibility index (Phi) is 6.69. The maximum absolute atomic E-state index is 11.8.